The molecule has 22 heavy (non-hydrogen) atoms. The molecule has 0 saturated heterocycles. The number of ether oxygens (including phenoxy) is 1. The zero-order chi connectivity index (χ0) is 15.7. The molecule has 3 rings (SSSR count). The van der Waals surface area contributed by atoms with Gasteiger partial charge in [0.1, 0.15) is 23.0 Å². The summed E-state index contributed by atoms with van der Waals surface area (Å²) in [4.78, 5) is 0. The van der Waals surface area contributed by atoms with Crippen LogP contribution in [0.25, 0.3) is 11.3 Å². The molecule has 1 aromatic heterocycles. The summed E-state index contributed by atoms with van der Waals surface area (Å²) in [5.74, 6) is -1.91. The van der Waals surface area contributed by atoms with Gasteiger partial charge in [-0.2, -0.15) is 5.10 Å². The summed E-state index contributed by atoms with van der Waals surface area (Å²) in [7, 11) is 0. The van der Waals surface area contributed by atoms with Gasteiger partial charge in [0.05, 0.1) is 6.20 Å². The van der Waals surface area contributed by atoms with E-state index in [1.807, 2.05) is 0 Å². The van der Waals surface area contributed by atoms with Gasteiger partial charge >= 0.3 is 0 Å². The molecule has 0 aliphatic heterocycles. The fraction of sp³-hybridized carbons (Fsp3) is 0. The lowest BCUT2D eigenvalue weighted by Crippen LogP contribution is -1.90. The molecule has 0 aliphatic rings. The van der Waals surface area contributed by atoms with Crippen LogP contribution in [0.5, 0.6) is 23.0 Å². The normalized spacial score (nSPS) is 10.6. The Morgan fingerprint density at radius 2 is 1.82 bits per heavy atom. The minimum atomic E-state index is -0.859. The quantitative estimate of drug-likeness (QED) is 0.691. The summed E-state index contributed by atoms with van der Waals surface area (Å²) in [5, 5.41) is 25.6. The Hall–Kier alpha value is -3.09. The van der Waals surface area contributed by atoms with Gasteiger partial charge in [0, 0.05) is 17.7 Å². The minimum Gasteiger partial charge on any atom is -0.508 e. The van der Waals surface area contributed by atoms with E-state index in [-0.39, 0.29) is 23.0 Å². The van der Waals surface area contributed by atoms with Gasteiger partial charge in [-0.15, -0.1) is 0 Å². The van der Waals surface area contributed by atoms with Crippen molar-refractivity contribution in [2.45, 2.75) is 0 Å². The van der Waals surface area contributed by atoms with Crippen molar-refractivity contribution in [3.05, 3.63) is 54.2 Å². The van der Waals surface area contributed by atoms with Crippen LogP contribution < -0.4 is 4.74 Å². The maximum absolute atomic E-state index is 13.6. The van der Waals surface area contributed by atoms with E-state index >= 15 is 0 Å². The maximum Gasteiger partial charge on any atom is 0.173 e. The minimum absolute atomic E-state index is 0.104. The number of hydrogen-bond acceptors (Lipinski definition) is 4. The van der Waals surface area contributed by atoms with Gasteiger partial charge in [-0.1, -0.05) is 0 Å². The van der Waals surface area contributed by atoms with Crippen LogP contribution in [-0.2, 0) is 0 Å². The number of aromatic amines is 1. The highest BCUT2D eigenvalue weighted by molar-refractivity contribution is 5.72. The van der Waals surface area contributed by atoms with Gasteiger partial charge in [-0.05, 0) is 24.3 Å². The molecule has 0 aliphatic carbocycles. The van der Waals surface area contributed by atoms with E-state index in [1.165, 1.54) is 18.3 Å². The molecule has 3 N–H and O–H groups in total. The topological polar surface area (TPSA) is 78.4 Å². The van der Waals surface area contributed by atoms with E-state index in [0.717, 1.165) is 18.2 Å². The number of benzene rings is 2. The van der Waals surface area contributed by atoms with Crippen molar-refractivity contribution in [1.29, 1.82) is 0 Å². The standard InChI is InChI=1S/C15H10F2N2O3/c16-8-1-4-13(11(17)5-8)22-14-7-18-19-15(14)10-3-2-9(20)6-12(10)21/h1-7,20-21H,(H,18,19). The van der Waals surface area contributed by atoms with E-state index in [1.54, 1.807) is 0 Å². The van der Waals surface area contributed by atoms with Gasteiger partial charge in [0.2, 0.25) is 0 Å². The fourth-order valence-electron chi connectivity index (χ4n) is 1.95. The van der Waals surface area contributed by atoms with Gasteiger partial charge in [0.25, 0.3) is 0 Å². The Kier molecular flexibility index (Phi) is 3.38. The summed E-state index contributed by atoms with van der Waals surface area (Å²) in [5.41, 5.74) is 0.606. The smallest absolute Gasteiger partial charge is 0.173 e. The molecular formula is C15H10F2N2O3. The Labute approximate surface area is 123 Å². The van der Waals surface area contributed by atoms with Crippen LogP contribution in [0.15, 0.2) is 42.6 Å². The summed E-state index contributed by atoms with van der Waals surface area (Å²) in [6, 6.07) is 6.89. The number of rotatable bonds is 3. The molecule has 7 heteroatoms. The molecule has 0 spiro atoms. The summed E-state index contributed by atoms with van der Waals surface area (Å²) in [6.07, 6.45) is 1.30. The highest BCUT2D eigenvalue weighted by atomic mass is 19.1. The van der Waals surface area contributed by atoms with Gasteiger partial charge in [0.15, 0.2) is 17.3 Å². The lowest BCUT2D eigenvalue weighted by molar-refractivity contribution is 0.437. The second-order valence-electron chi connectivity index (χ2n) is 4.49. The van der Waals surface area contributed by atoms with E-state index in [9.17, 15) is 19.0 Å². The second kappa shape index (κ2) is 5.36. The number of nitrogens with zero attached hydrogens (tertiary/aromatic N) is 1. The van der Waals surface area contributed by atoms with Crippen LogP contribution in [0.3, 0.4) is 0 Å². The van der Waals surface area contributed by atoms with Crippen LogP contribution in [0.2, 0.25) is 0 Å². The molecule has 3 aromatic rings. The third kappa shape index (κ3) is 2.56. The zero-order valence-electron chi connectivity index (χ0n) is 11.0. The van der Waals surface area contributed by atoms with Crippen molar-refractivity contribution in [3.8, 4) is 34.3 Å². The van der Waals surface area contributed by atoms with Gasteiger partial charge in [-0.25, -0.2) is 8.78 Å². The van der Waals surface area contributed by atoms with Crippen molar-refractivity contribution in [1.82, 2.24) is 10.2 Å². The maximum atomic E-state index is 13.6. The van der Waals surface area contributed by atoms with Crippen LogP contribution in [0.4, 0.5) is 8.78 Å². The van der Waals surface area contributed by atoms with Crippen molar-refractivity contribution in [2.75, 3.05) is 0 Å². The monoisotopic (exact) mass is 304 g/mol. The number of H-pyrrole nitrogens is 1. The molecular weight excluding hydrogens is 294 g/mol. The lowest BCUT2D eigenvalue weighted by atomic mass is 10.1. The molecule has 112 valence electrons. The number of aromatic nitrogens is 2. The van der Waals surface area contributed by atoms with E-state index in [0.29, 0.717) is 17.3 Å². The molecule has 0 atom stereocenters. The summed E-state index contributed by atoms with van der Waals surface area (Å²) >= 11 is 0. The first-order valence-electron chi connectivity index (χ1n) is 6.23. The van der Waals surface area contributed by atoms with Gasteiger partial charge in [-0.3, -0.25) is 5.10 Å². The highest BCUT2D eigenvalue weighted by Crippen LogP contribution is 2.38. The third-order valence-electron chi connectivity index (χ3n) is 2.97. The largest absolute Gasteiger partial charge is 0.508 e. The van der Waals surface area contributed by atoms with Crippen molar-refractivity contribution in [2.24, 2.45) is 0 Å². The molecule has 1 heterocycles. The average molecular weight is 304 g/mol. The Morgan fingerprint density at radius 1 is 1.00 bits per heavy atom. The number of phenolic OH excluding ortho intramolecular Hbond substituents is 2. The SMILES string of the molecule is Oc1ccc(-c2[nH]ncc2Oc2ccc(F)cc2F)c(O)c1. The van der Waals surface area contributed by atoms with Crippen LogP contribution in [0.1, 0.15) is 0 Å². The predicted molar refractivity (Wildman–Crippen MR) is 73.8 cm³/mol. The lowest BCUT2D eigenvalue weighted by Gasteiger charge is -2.08. The van der Waals surface area contributed by atoms with Crippen LogP contribution >= 0.6 is 0 Å². The number of halogens is 2. The predicted octanol–water partition coefficient (Wildman–Crippen LogP) is 3.56. The van der Waals surface area contributed by atoms with E-state index in [2.05, 4.69) is 10.2 Å². The number of aromatic hydroxyl groups is 2. The van der Waals surface area contributed by atoms with Crippen LogP contribution in [0, 0.1) is 11.6 Å². The van der Waals surface area contributed by atoms with Crippen molar-refractivity contribution >= 4 is 0 Å². The molecule has 0 fully saturated rings. The first-order chi connectivity index (χ1) is 10.5. The van der Waals surface area contributed by atoms with Crippen molar-refractivity contribution in [3.63, 3.8) is 0 Å². The summed E-state index contributed by atoms with van der Waals surface area (Å²) < 4.78 is 31.9. The number of phenols is 2. The Balaban J connectivity index is 1.98. The van der Waals surface area contributed by atoms with Crippen LogP contribution in [-0.4, -0.2) is 20.4 Å². The first kappa shape index (κ1) is 13.9. The van der Waals surface area contributed by atoms with E-state index < -0.39 is 11.6 Å². The average Bonchev–Trinajstić information content (AvgIpc) is 2.90. The fourth-order valence-corrected chi connectivity index (χ4v) is 1.95. The first-order valence-corrected chi connectivity index (χ1v) is 6.23. The zero-order valence-corrected chi connectivity index (χ0v) is 11.0. The van der Waals surface area contributed by atoms with Crippen molar-refractivity contribution < 1.29 is 23.7 Å². The number of nitrogens with one attached hydrogen (secondary N) is 1. The Bertz CT molecular complexity index is 833. The molecule has 0 unspecified atom stereocenters. The molecule has 0 bridgehead atoms. The third-order valence-corrected chi connectivity index (χ3v) is 2.97. The second-order valence-corrected chi connectivity index (χ2v) is 4.49. The molecule has 0 saturated carbocycles. The molecule has 2 aromatic carbocycles. The highest BCUT2D eigenvalue weighted by Gasteiger charge is 2.16. The summed E-state index contributed by atoms with van der Waals surface area (Å²) in [6.45, 7) is 0. The van der Waals surface area contributed by atoms with E-state index in [4.69, 9.17) is 4.74 Å². The molecule has 5 nitrogen and oxygen atoms in total. The number of hydrogen-bond donors (Lipinski definition) is 3. The molecule has 0 radical (unpaired) electrons. The Morgan fingerprint density at radius 3 is 2.55 bits per heavy atom. The van der Waals surface area contributed by atoms with Gasteiger partial charge < -0.3 is 14.9 Å². The molecule has 0 amide bonds.